The number of nitrogens with one attached hydrogen (secondary N) is 1. The van der Waals surface area contributed by atoms with Gasteiger partial charge in [-0.05, 0) is 95.9 Å². The number of hydrogen-bond acceptors (Lipinski definition) is 4. The van der Waals surface area contributed by atoms with Gasteiger partial charge in [0, 0.05) is 31.3 Å². The Morgan fingerprint density at radius 1 is 0.466 bits per heavy atom. The fraction of sp³-hybridized carbons (Fsp3) is 0.0370. The summed E-state index contributed by atoms with van der Waals surface area (Å²) in [4.78, 5) is 10.4. The van der Waals surface area contributed by atoms with Crippen LogP contribution in [0.2, 0.25) is 0 Å². The van der Waals surface area contributed by atoms with E-state index in [-0.39, 0.29) is 11.6 Å². The lowest BCUT2D eigenvalue weighted by atomic mass is 9.70. The zero-order valence-electron chi connectivity index (χ0n) is 31.3. The van der Waals surface area contributed by atoms with E-state index in [1.165, 1.54) is 86.2 Å². The first kappa shape index (κ1) is 32.0. The van der Waals surface area contributed by atoms with E-state index in [9.17, 15) is 0 Å². The number of hydrogen-bond donors (Lipinski definition) is 1. The molecule has 58 heavy (non-hydrogen) atoms. The minimum atomic E-state index is -0.382. The Bertz CT molecular complexity index is 3370. The highest BCUT2D eigenvalue weighted by atomic mass is 32.1. The fourth-order valence-electron chi connectivity index (χ4n) is 10.3. The fourth-order valence-corrected chi connectivity index (χ4v) is 11.4. The Balaban J connectivity index is 0.939. The predicted octanol–water partition coefficient (Wildman–Crippen LogP) is 13.2. The van der Waals surface area contributed by atoms with Gasteiger partial charge in [0.25, 0.3) is 0 Å². The Kier molecular flexibility index (Phi) is 6.59. The molecule has 0 saturated heterocycles. The minimum Gasteiger partial charge on any atom is -0.344 e. The quantitative estimate of drug-likeness (QED) is 0.178. The SMILES string of the molecule is c1ccc(C2=NC(c3ccc4sc5ccccc5c4c3)=NC(c3ccc(-c4cccc5c4-c4ccccc4C54c5cccc6ccc7cccc4c7c56)cc3)N2)cc1. The second kappa shape index (κ2) is 11.9. The topological polar surface area (TPSA) is 36.8 Å². The van der Waals surface area contributed by atoms with Crippen LogP contribution in [0.25, 0.3) is 64.0 Å². The number of rotatable bonds is 4. The second-order valence-electron chi connectivity index (χ2n) is 15.7. The lowest BCUT2D eigenvalue weighted by Crippen LogP contribution is -2.33. The number of benzene rings is 9. The lowest BCUT2D eigenvalue weighted by Gasteiger charge is -2.31. The molecule has 4 heteroatoms. The van der Waals surface area contributed by atoms with Gasteiger partial charge in [-0.2, -0.15) is 0 Å². The van der Waals surface area contributed by atoms with Crippen LogP contribution in [0.1, 0.15) is 45.1 Å². The van der Waals surface area contributed by atoms with E-state index in [1.807, 2.05) is 17.4 Å². The summed E-state index contributed by atoms with van der Waals surface area (Å²) < 4.78 is 2.56. The molecule has 1 atom stereocenters. The first-order valence-electron chi connectivity index (χ1n) is 19.9. The molecule has 10 aromatic rings. The zero-order valence-corrected chi connectivity index (χ0v) is 32.1. The predicted molar refractivity (Wildman–Crippen MR) is 242 cm³/mol. The lowest BCUT2D eigenvalue weighted by molar-refractivity contribution is 0.674. The van der Waals surface area contributed by atoms with Gasteiger partial charge in [0.1, 0.15) is 12.0 Å². The van der Waals surface area contributed by atoms with E-state index in [2.05, 4.69) is 187 Å². The molecule has 1 aromatic heterocycles. The molecular formula is C54H33N3S. The average molecular weight is 756 g/mol. The molecule has 3 nitrogen and oxygen atoms in total. The molecule has 0 fully saturated rings. The number of thiophene rings is 1. The van der Waals surface area contributed by atoms with Crippen molar-refractivity contribution in [2.75, 3.05) is 0 Å². The molecule has 9 aromatic carbocycles. The summed E-state index contributed by atoms with van der Waals surface area (Å²) in [7, 11) is 0. The van der Waals surface area contributed by atoms with Crippen LogP contribution in [0.3, 0.4) is 0 Å². The van der Waals surface area contributed by atoms with Crippen LogP contribution in [0, 0.1) is 0 Å². The molecule has 3 aliphatic rings. The van der Waals surface area contributed by atoms with Crippen LogP contribution >= 0.6 is 11.3 Å². The minimum absolute atomic E-state index is 0.310. The van der Waals surface area contributed by atoms with E-state index in [0.29, 0.717) is 0 Å². The second-order valence-corrected chi connectivity index (χ2v) is 16.7. The van der Waals surface area contributed by atoms with E-state index >= 15 is 0 Å². The number of fused-ring (bicyclic) bond motifs is 10. The van der Waals surface area contributed by atoms with Gasteiger partial charge in [-0.1, -0.05) is 164 Å². The van der Waals surface area contributed by atoms with Crippen LogP contribution < -0.4 is 5.32 Å². The molecule has 0 saturated carbocycles. The van der Waals surface area contributed by atoms with Crippen molar-refractivity contribution < 1.29 is 0 Å². The highest BCUT2D eigenvalue weighted by Gasteiger charge is 2.51. The Hall–Kier alpha value is -7.14. The third-order valence-electron chi connectivity index (χ3n) is 12.7. The van der Waals surface area contributed by atoms with Crippen molar-refractivity contribution in [2.24, 2.45) is 9.98 Å². The van der Waals surface area contributed by atoms with Gasteiger partial charge < -0.3 is 5.32 Å². The number of nitrogens with zero attached hydrogens (tertiary/aromatic N) is 2. The van der Waals surface area contributed by atoms with Crippen LogP contribution in [0.15, 0.2) is 198 Å². The van der Waals surface area contributed by atoms with Gasteiger partial charge in [-0.25, -0.2) is 9.98 Å². The summed E-state index contributed by atoms with van der Waals surface area (Å²) in [5, 5.41) is 11.6. The Morgan fingerprint density at radius 3 is 1.91 bits per heavy atom. The maximum atomic E-state index is 5.29. The number of aliphatic imine (C=N–C) groups is 2. The third kappa shape index (κ3) is 4.33. The molecule has 0 radical (unpaired) electrons. The Morgan fingerprint density at radius 2 is 1.10 bits per heavy atom. The van der Waals surface area contributed by atoms with Crippen LogP contribution in [0.5, 0.6) is 0 Å². The molecule has 270 valence electrons. The number of amidine groups is 2. The molecule has 1 unspecified atom stereocenters. The summed E-state index contributed by atoms with van der Waals surface area (Å²) in [6.07, 6.45) is -0.310. The molecule has 2 heterocycles. The highest BCUT2D eigenvalue weighted by molar-refractivity contribution is 7.25. The molecule has 1 spiro atoms. The van der Waals surface area contributed by atoms with Crippen LogP contribution in [-0.2, 0) is 5.41 Å². The van der Waals surface area contributed by atoms with E-state index in [0.717, 1.165) is 28.4 Å². The Labute approximate surface area is 339 Å². The van der Waals surface area contributed by atoms with Crippen molar-refractivity contribution in [1.82, 2.24) is 5.32 Å². The van der Waals surface area contributed by atoms with Crippen molar-refractivity contribution in [3.63, 3.8) is 0 Å². The summed E-state index contributed by atoms with van der Waals surface area (Å²) >= 11 is 1.83. The van der Waals surface area contributed by atoms with Gasteiger partial charge in [-0.15, -0.1) is 11.3 Å². The van der Waals surface area contributed by atoms with Crippen molar-refractivity contribution in [3.8, 4) is 22.3 Å². The molecule has 13 rings (SSSR count). The van der Waals surface area contributed by atoms with Crippen LogP contribution in [-0.4, -0.2) is 11.7 Å². The molecule has 1 aliphatic heterocycles. The van der Waals surface area contributed by atoms with E-state index < -0.39 is 0 Å². The maximum Gasteiger partial charge on any atom is 0.159 e. The average Bonchev–Trinajstić information content (AvgIpc) is 3.93. The van der Waals surface area contributed by atoms with E-state index in [1.54, 1.807) is 0 Å². The third-order valence-corrected chi connectivity index (χ3v) is 13.9. The first-order chi connectivity index (χ1) is 28.7. The van der Waals surface area contributed by atoms with E-state index in [4.69, 9.17) is 9.98 Å². The molecule has 2 aliphatic carbocycles. The smallest absolute Gasteiger partial charge is 0.159 e. The summed E-state index contributed by atoms with van der Waals surface area (Å²) in [6, 6.07) is 69.0. The van der Waals surface area contributed by atoms with Crippen molar-refractivity contribution in [2.45, 2.75) is 11.6 Å². The zero-order chi connectivity index (χ0) is 38.0. The monoisotopic (exact) mass is 755 g/mol. The van der Waals surface area contributed by atoms with Gasteiger partial charge in [-0.3, -0.25) is 0 Å². The maximum absolute atomic E-state index is 5.29. The molecule has 0 bridgehead atoms. The first-order valence-corrected chi connectivity index (χ1v) is 20.7. The van der Waals surface area contributed by atoms with Crippen molar-refractivity contribution >= 4 is 64.7 Å². The highest BCUT2D eigenvalue weighted by Crippen LogP contribution is 2.63. The molecule has 1 N–H and O–H groups in total. The molecular weight excluding hydrogens is 723 g/mol. The van der Waals surface area contributed by atoms with Gasteiger partial charge in [0.05, 0.1) is 5.41 Å². The van der Waals surface area contributed by atoms with Gasteiger partial charge in [0.15, 0.2) is 5.84 Å². The summed E-state index contributed by atoms with van der Waals surface area (Å²) in [5.74, 6) is 1.55. The van der Waals surface area contributed by atoms with Gasteiger partial charge in [0.2, 0.25) is 0 Å². The standard InChI is InChI=1S/C54H33N3S/c1-2-11-35(12-3-1)51-55-52(57-53(56-51)37-29-30-47-41(31-37)39-15-5-7-22-46(39)58-47)36-27-23-32(24-28-36)38-17-10-21-45-50(38)40-16-4-6-18-42(40)54(45)43-19-8-13-33-25-26-34-14-9-20-44(54)49(34)48(33)43/h1-31,52H,(H,55,56,57). The van der Waals surface area contributed by atoms with Gasteiger partial charge >= 0.3 is 0 Å². The normalized spacial score (nSPS) is 15.9. The molecule has 0 amide bonds. The largest absolute Gasteiger partial charge is 0.344 e. The van der Waals surface area contributed by atoms with Crippen molar-refractivity contribution in [1.29, 1.82) is 0 Å². The summed E-state index contributed by atoms with van der Waals surface area (Å²) in [6.45, 7) is 0. The van der Waals surface area contributed by atoms with Crippen LogP contribution in [0.4, 0.5) is 0 Å². The van der Waals surface area contributed by atoms with Crippen molar-refractivity contribution in [3.05, 3.63) is 227 Å². The summed E-state index contributed by atoms with van der Waals surface area (Å²) in [5.41, 5.74) is 13.3.